The predicted octanol–water partition coefficient (Wildman–Crippen LogP) is 1.77. The van der Waals surface area contributed by atoms with E-state index in [2.05, 4.69) is 16.7 Å². The summed E-state index contributed by atoms with van der Waals surface area (Å²) in [6.07, 6.45) is 0. The van der Waals surface area contributed by atoms with E-state index < -0.39 is 5.54 Å². The van der Waals surface area contributed by atoms with Gasteiger partial charge in [0.15, 0.2) is 11.5 Å². The number of hydrogen-bond donors (Lipinski definition) is 2. The molecule has 1 heterocycles. The summed E-state index contributed by atoms with van der Waals surface area (Å²) in [5.41, 5.74) is -0.337. The minimum atomic E-state index is -0.941. The fraction of sp³-hybridized carbons (Fsp3) is 0.550. The maximum atomic E-state index is 12.4. The molecule has 0 bridgehead atoms. The number of likely N-dealkylation sites (N-methyl/N-ethyl adjacent to an activating group) is 1. The minimum Gasteiger partial charge on any atom is -0.486 e. The van der Waals surface area contributed by atoms with Gasteiger partial charge in [0, 0.05) is 11.8 Å². The van der Waals surface area contributed by atoms with E-state index >= 15 is 0 Å². The highest BCUT2D eigenvalue weighted by molar-refractivity contribution is 5.93. The maximum Gasteiger partial charge on any atom is 0.238 e. The molecule has 0 unspecified atom stereocenters. The van der Waals surface area contributed by atoms with Gasteiger partial charge in [-0.05, 0) is 31.5 Å². The highest BCUT2D eigenvalue weighted by atomic mass is 16.6. The molecule has 0 spiro atoms. The molecule has 0 radical (unpaired) electrons. The van der Waals surface area contributed by atoms with Crippen LogP contribution < -0.4 is 20.1 Å². The fourth-order valence-electron chi connectivity index (χ4n) is 2.64. The molecule has 0 aliphatic carbocycles. The smallest absolute Gasteiger partial charge is 0.238 e. The van der Waals surface area contributed by atoms with Crippen molar-refractivity contribution in [1.82, 2.24) is 10.2 Å². The van der Waals surface area contributed by atoms with Crippen molar-refractivity contribution in [2.75, 3.05) is 38.2 Å². The molecule has 0 saturated heterocycles. The Kier molecular flexibility index (Phi) is 7.24. The van der Waals surface area contributed by atoms with Gasteiger partial charge in [0.2, 0.25) is 11.8 Å². The SMILES string of the molecule is CCN(CC(=O)Nc1ccc2c(c1)OCCO2)CC(=O)N[C@@](C)(C#N)C(C)C. The predicted molar refractivity (Wildman–Crippen MR) is 105 cm³/mol. The quantitative estimate of drug-likeness (QED) is 0.703. The lowest BCUT2D eigenvalue weighted by atomic mass is 9.90. The second-order valence-electron chi connectivity index (χ2n) is 7.23. The first-order chi connectivity index (χ1) is 13.3. The van der Waals surface area contributed by atoms with Gasteiger partial charge in [-0.25, -0.2) is 0 Å². The van der Waals surface area contributed by atoms with E-state index in [0.717, 1.165) is 0 Å². The van der Waals surface area contributed by atoms with Gasteiger partial charge < -0.3 is 20.1 Å². The zero-order valence-corrected chi connectivity index (χ0v) is 16.9. The van der Waals surface area contributed by atoms with Gasteiger partial charge in [-0.2, -0.15) is 5.26 Å². The summed E-state index contributed by atoms with van der Waals surface area (Å²) in [6.45, 7) is 8.92. The Morgan fingerprint density at radius 1 is 1.21 bits per heavy atom. The zero-order chi connectivity index (χ0) is 20.7. The Morgan fingerprint density at radius 3 is 2.46 bits per heavy atom. The first-order valence-corrected chi connectivity index (χ1v) is 9.41. The molecule has 28 heavy (non-hydrogen) atoms. The first kappa shape index (κ1) is 21.5. The van der Waals surface area contributed by atoms with Gasteiger partial charge in [-0.1, -0.05) is 20.8 Å². The van der Waals surface area contributed by atoms with Crippen molar-refractivity contribution in [2.24, 2.45) is 5.92 Å². The minimum absolute atomic E-state index is 0.0324. The number of nitrogens with one attached hydrogen (secondary N) is 2. The third-order valence-electron chi connectivity index (χ3n) is 4.79. The first-order valence-electron chi connectivity index (χ1n) is 9.41. The Balaban J connectivity index is 1.90. The normalized spacial score (nSPS) is 14.9. The van der Waals surface area contributed by atoms with Gasteiger partial charge in [-0.3, -0.25) is 14.5 Å². The molecule has 2 N–H and O–H groups in total. The van der Waals surface area contributed by atoms with Crippen LogP contribution in [0.5, 0.6) is 11.5 Å². The number of nitriles is 1. The van der Waals surface area contributed by atoms with Gasteiger partial charge >= 0.3 is 0 Å². The summed E-state index contributed by atoms with van der Waals surface area (Å²) < 4.78 is 11.0. The lowest BCUT2D eigenvalue weighted by molar-refractivity contribution is -0.124. The Morgan fingerprint density at radius 2 is 1.86 bits per heavy atom. The molecule has 1 aliphatic rings. The number of hydrogen-bond acceptors (Lipinski definition) is 6. The van der Waals surface area contributed by atoms with E-state index in [1.54, 1.807) is 30.0 Å². The van der Waals surface area contributed by atoms with Gasteiger partial charge in [0.05, 0.1) is 19.2 Å². The number of anilines is 1. The monoisotopic (exact) mass is 388 g/mol. The van der Waals surface area contributed by atoms with E-state index in [-0.39, 0.29) is 30.8 Å². The van der Waals surface area contributed by atoms with Gasteiger partial charge in [0.25, 0.3) is 0 Å². The summed E-state index contributed by atoms with van der Waals surface area (Å²) in [5.74, 6) is 0.696. The summed E-state index contributed by atoms with van der Waals surface area (Å²) in [4.78, 5) is 26.4. The molecule has 1 atom stereocenters. The van der Waals surface area contributed by atoms with Crippen molar-refractivity contribution < 1.29 is 19.1 Å². The topological polar surface area (TPSA) is 104 Å². The third-order valence-corrected chi connectivity index (χ3v) is 4.79. The molecule has 0 aromatic heterocycles. The van der Waals surface area contributed by atoms with E-state index in [0.29, 0.717) is 36.9 Å². The molecule has 2 amide bonds. The van der Waals surface area contributed by atoms with E-state index in [1.165, 1.54) is 0 Å². The van der Waals surface area contributed by atoms with Crippen LogP contribution in [0.2, 0.25) is 0 Å². The Labute approximate surface area is 165 Å². The van der Waals surface area contributed by atoms with Crippen molar-refractivity contribution in [3.63, 3.8) is 0 Å². The number of nitrogens with zero attached hydrogens (tertiary/aromatic N) is 2. The number of carbonyl (C=O) groups excluding carboxylic acids is 2. The second-order valence-corrected chi connectivity index (χ2v) is 7.23. The standard InChI is InChI=1S/C20H28N4O4/c1-5-24(12-19(26)23-20(4,13-21)14(2)3)11-18(25)22-15-6-7-16-17(10-15)28-9-8-27-16/h6-7,10,14H,5,8-9,11-12H2,1-4H3,(H,22,25)(H,23,26)/t20-/m0/s1. The number of carbonyl (C=O) groups is 2. The molecule has 2 rings (SSSR count). The van der Waals surface area contributed by atoms with Gasteiger partial charge in [0.1, 0.15) is 18.8 Å². The average Bonchev–Trinajstić information content (AvgIpc) is 2.66. The van der Waals surface area contributed by atoms with Crippen molar-refractivity contribution in [3.8, 4) is 17.6 Å². The Bertz CT molecular complexity index is 759. The number of fused-ring (bicyclic) bond motifs is 1. The summed E-state index contributed by atoms with van der Waals surface area (Å²) in [7, 11) is 0. The number of benzene rings is 1. The Hall–Kier alpha value is -2.79. The van der Waals surface area contributed by atoms with Crippen LogP contribution in [-0.4, -0.2) is 55.1 Å². The molecule has 0 saturated carbocycles. The van der Waals surface area contributed by atoms with Gasteiger partial charge in [-0.15, -0.1) is 0 Å². The molecule has 152 valence electrons. The largest absolute Gasteiger partial charge is 0.486 e. The summed E-state index contributed by atoms with van der Waals surface area (Å²) in [5, 5.41) is 14.9. The molecule has 1 aromatic rings. The second kappa shape index (κ2) is 9.42. The van der Waals surface area contributed by atoms with Crippen LogP contribution in [0.3, 0.4) is 0 Å². The molecule has 8 heteroatoms. The van der Waals surface area contributed by atoms with Crippen molar-refractivity contribution in [2.45, 2.75) is 33.2 Å². The maximum absolute atomic E-state index is 12.4. The van der Waals surface area contributed by atoms with Crippen molar-refractivity contribution >= 4 is 17.5 Å². The van der Waals surface area contributed by atoms with Crippen molar-refractivity contribution in [1.29, 1.82) is 5.26 Å². The van der Waals surface area contributed by atoms with Crippen LogP contribution in [0, 0.1) is 17.2 Å². The van der Waals surface area contributed by atoms with Crippen LogP contribution in [-0.2, 0) is 9.59 Å². The molecule has 1 aromatic carbocycles. The summed E-state index contributed by atoms with van der Waals surface area (Å²) >= 11 is 0. The lowest BCUT2D eigenvalue weighted by Crippen LogP contribution is -2.52. The van der Waals surface area contributed by atoms with Crippen LogP contribution in [0.25, 0.3) is 0 Å². The van der Waals surface area contributed by atoms with Crippen LogP contribution >= 0.6 is 0 Å². The third kappa shape index (κ3) is 5.60. The number of rotatable bonds is 8. The zero-order valence-electron chi connectivity index (χ0n) is 16.9. The van der Waals surface area contributed by atoms with E-state index in [1.807, 2.05) is 20.8 Å². The molecular weight excluding hydrogens is 360 g/mol. The molecule has 0 fully saturated rings. The summed E-state index contributed by atoms with van der Waals surface area (Å²) in [6, 6.07) is 7.36. The van der Waals surface area contributed by atoms with E-state index in [4.69, 9.17) is 9.47 Å². The van der Waals surface area contributed by atoms with Crippen LogP contribution in [0.4, 0.5) is 5.69 Å². The molecule has 8 nitrogen and oxygen atoms in total. The number of ether oxygens (including phenoxy) is 2. The fourth-order valence-corrected chi connectivity index (χ4v) is 2.64. The van der Waals surface area contributed by atoms with Crippen LogP contribution in [0.1, 0.15) is 27.7 Å². The molecule has 1 aliphatic heterocycles. The highest BCUT2D eigenvalue weighted by Gasteiger charge is 2.30. The highest BCUT2D eigenvalue weighted by Crippen LogP contribution is 2.32. The molecular formula is C20H28N4O4. The average molecular weight is 388 g/mol. The van der Waals surface area contributed by atoms with Crippen molar-refractivity contribution in [3.05, 3.63) is 18.2 Å². The van der Waals surface area contributed by atoms with Crippen LogP contribution in [0.15, 0.2) is 18.2 Å². The van der Waals surface area contributed by atoms with E-state index in [9.17, 15) is 14.9 Å². The number of amides is 2. The lowest BCUT2D eigenvalue weighted by Gasteiger charge is -2.29.